The predicted molar refractivity (Wildman–Crippen MR) is 96.1 cm³/mol. The minimum Gasteiger partial charge on any atom is -0.504 e. The van der Waals surface area contributed by atoms with Crippen LogP contribution in [0.25, 0.3) is 0 Å². The Balaban J connectivity index is 2.29. The third kappa shape index (κ3) is 3.99. The number of halogens is 2. The predicted octanol–water partition coefficient (Wildman–Crippen LogP) is 3.36. The molecule has 0 atom stereocenters. The maximum absolute atomic E-state index is 12.0. The Morgan fingerprint density at radius 2 is 1.75 bits per heavy atom. The average Bonchev–Trinajstić information content (AvgIpc) is 2.52. The van der Waals surface area contributed by atoms with Crippen LogP contribution in [-0.2, 0) is 10.0 Å². The SMILES string of the molecule is CNS(=O)(=O)c1c(Cl)ccc(NC(=O)Nc2ccccc2Br)c1O. The van der Waals surface area contributed by atoms with Gasteiger partial charge in [-0.15, -0.1) is 0 Å². The van der Waals surface area contributed by atoms with Gasteiger partial charge in [0, 0.05) is 4.47 Å². The smallest absolute Gasteiger partial charge is 0.323 e. The van der Waals surface area contributed by atoms with Crippen molar-refractivity contribution in [3.05, 3.63) is 45.9 Å². The van der Waals surface area contributed by atoms with Gasteiger partial charge in [0.1, 0.15) is 4.90 Å². The topological polar surface area (TPSA) is 108 Å². The van der Waals surface area contributed by atoms with Gasteiger partial charge in [-0.2, -0.15) is 0 Å². The second-order valence-corrected chi connectivity index (χ2v) is 7.62. The molecule has 2 aromatic carbocycles. The molecule has 2 aromatic rings. The Labute approximate surface area is 152 Å². The molecule has 0 aliphatic carbocycles. The first-order valence-electron chi connectivity index (χ1n) is 6.54. The van der Waals surface area contributed by atoms with Crippen LogP contribution in [0.15, 0.2) is 45.8 Å². The summed E-state index contributed by atoms with van der Waals surface area (Å²) in [5.74, 6) is -0.654. The summed E-state index contributed by atoms with van der Waals surface area (Å²) in [5, 5.41) is 14.9. The Bertz CT molecular complexity index is 890. The molecule has 2 rings (SSSR count). The zero-order valence-electron chi connectivity index (χ0n) is 12.3. The standard InChI is InChI=1S/C14H13BrClN3O4S/c1-17-24(22,23)13-9(16)6-7-11(12(13)20)19-14(21)18-10-5-3-2-4-8(10)15/h2-7,17,20H,1H3,(H2,18,19,21). The van der Waals surface area contributed by atoms with Crippen molar-refractivity contribution in [3.8, 4) is 5.75 Å². The number of benzene rings is 2. The van der Waals surface area contributed by atoms with E-state index < -0.39 is 26.7 Å². The number of hydrogen-bond acceptors (Lipinski definition) is 4. The van der Waals surface area contributed by atoms with Crippen LogP contribution in [0.5, 0.6) is 5.75 Å². The molecule has 0 unspecified atom stereocenters. The number of rotatable bonds is 4. The van der Waals surface area contributed by atoms with Gasteiger partial charge in [-0.3, -0.25) is 0 Å². The number of phenolic OH excluding ortho intramolecular Hbond substituents is 1. The molecule has 0 radical (unpaired) electrons. The lowest BCUT2D eigenvalue weighted by Gasteiger charge is -2.13. The Hall–Kier alpha value is -1.81. The van der Waals surface area contributed by atoms with Gasteiger partial charge in [-0.05, 0) is 47.2 Å². The molecular formula is C14H13BrClN3O4S. The van der Waals surface area contributed by atoms with Crippen molar-refractivity contribution >= 4 is 55.0 Å². The van der Waals surface area contributed by atoms with Crippen LogP contribution in [0.3, 0.4) is 0 Å². The fourth-order valence-corrected chi connectivity index (χ4v) is 3.58. The molecule has 4 N–H and O–H groups in total. The summed E-state index contributed by atoms with van der Waals surface area (Å²) in [7, 11) is -2.81. The van der Waals surface area contributed by atoms with Crippen LogP contribution in [0.4, 0.5) is 16.2 Å². The highest BCUT2D eigenvalue weighted by atomic mass is 79.9. The van der Waals surface area contributed by atoms with Crippen molar-refractivity contribution in [2.24, 2.45) is 0 Å². The normalized spacial score (nSPS) is 11.1. The van der Waals surface area contributed by atoms with Gasteiger partial charge in [0.2, 0.25) is 10.0 Å². The van der Waals surface area contributed by atoms with Crippen molar-refractivity contribution in [1.82, 2.24) is 4.72 Å². The molecule has 0 spiro atoms. The molecule has 128 valence electrons. The number of urea groups is 1. The van der Waals surface area contributed by atoms with E-state index in [-0.39, 0.29) is 10.7 Å². The summed E-state index contributed by atoms with van der Waals surface area (Å²) in [6.45, 7) is 0. The number of carbonyl (C=O) groups excluding carboxylic acids is 1. The van der Waals surface area contributed by atoms with Gasteiger partial charge in [0.25, 0.3) is 0 Å². The van der Waals surface area contributed by atoms with Gasteiger partial charge in [0.05, 0.1) is 16.4 Å². The summed E-state index contributed by atoms with van der Waals surface area (Å²) in [6.07, 6.45) is 0. The first kappa shape index (κ1) is 18.5. The van der Waals surface area contributed by atoms with E-state index in [4.69, 9.17) is 11.6 Å². The van der Waals surface area contributed by atoms with Crippen molar-refractivity contribution < 1.29 is 18.3 Å². The molecule has 7 nitrogen and oxygen atoms in total. The monoisotopic (exact) mass is 433 g/mol. The van der Waals surface area contributed by atoms with Crippen LogP contribution in [0, 0.1) is 0 Å². The fraction of sp³-hybridized carbons (Fsp3) is 0.0714. The lowest BCUT2D eigenvalue weighted by molar-refractivity contribution is 0.262. The van der Waals surface area contributed by atoms with E-state index in [0.717, 1.165) is 0 Å². The third-order valence-electron chi connectivity index (χ3n) is 2.99. The molecule has 0 aliphatic heterocycles. The number of sulfonamides is 1. The largest absolute Gasteiger partial charge is 0.504 e. The Morgan fingerprint density at radius 3 is 2.38 bits per heavy atom. The summed E-state index contributed by atoms with van der Waals surface area (Å²) < 4.78 is 26.6. The average molecular weight is 435 g/mol. The third-order valence-corrected chi connectivity index (χ3v) is 5.60. The number of aromatic hydroxyl groups is 1. The van der Waals surface area contributed by atoms with E-state index in [1.807, 2.05) is 0 Å². The van der Waals surface area contributed by atoms with E-state index in [1.54, 1.807) is 24.3 Å². The van der Waals surface area contributed by atoms with Crippen molar-refractivity contribution in [1.29, 1.82) is 0 Å². The maximum Gasteiger partial charge on any atom is 0.323 e. The first-order valence-corrected chi connectivity index (χ1v) is 9.19. The minimum absolute atomic E-state index is 0.0993. The van der Waals surface area contributed by atoms with Crippen LogP contribution in [0.2, 0.25) is 5.02 Å². The summed E-state index contributed by atoms with van der Waals surface area (Å²) >= 11 is 9.12. The zero-order valence-corrected chi connectivity index (χ0v) is 15.5. The molecule has 24 heavy (non-hydrogen) atoms. The van der Waals surface area contributed by atoms with Crippen LogP contribution in [0.1, 0.15) is 0 Å². The lowest BCUT2D eigenvalue weighted by Crippen LogP contribution is -2.22. The highest BCUT2D eigenvalue weighted by molar-refractivity contribution is 9.10. The molecule has 0 fully saturated rings. The van der Waals surface area contributed by atoms with E-state index in [9.17, 15) is 18.3 Å². The van der Waals surface area contributed by atoms with Gasteiger partial charge >= 0.3 is 6.03 Å². The molecule has 0 saturated heterocycles. The number of anilines is 2. The molecule has 0 aromatic heterocycles. The fourth-order valence-electron chi connectivity index (χ4n) is 1.84. The van der Waals surface area contributed by atoms with Crippen molar-refractivity contribution in [3.63, 3.8) is 0 Å². The van der Waals surface area contributed by atoms with E-state index >= 15 is 0 Å². The number of amides is 2. The van der Waals surface area contributed by atoms with Gasteiger partial charge in [-0.25, -0.2) is 17.9 Å². The summed E-state index contributed by atoms with van der Waals surface area (Å²) in [6, 6.07) is 8.83. The second-order valence-electron chi connectivity index (χ2n) is 4.54. The van der Waals surface area contributed by atoms with Gasteiger partial charge in [-0.1, -0.05) is 23.7 Å². The molecular weight excluding hydrogens is 422 g/mol. The van der Waals surface area contributed by atoms with E-state index in [0.29, 0.717) is 10.2 Å². The van der Waals surface area contributed by atoms with Crippen LogP contribution >= 0.6 is 27.5 Å². The van der Waals surface area contributed by atoms with E-state index in [2.05, 4.69) is 31.3 Å². The number of carbonyl (C=O) groups is 1. The van der Waals surface area contributed by atoms with Crippen molar-refractivity contribution in [2.75, 3.05) is 17.7 Å². The Kier molecular flexibility index (Phi) is 5.70. The molecule has 0 saturated carbocycles. The lowest BCUT2D eigenvalue weighted by atomic mass is 10.3. The maximum atomic E-state index is 12.0. The number of phenols is 1. The molecule has 0 aliphatic rings. The number of para-hydroxylation sites is 1. The highest BCUT2D eigenvalue weighted by Crippen LogP contribution is 2.36. The summed E-state index contributed by atoms with van der Waals surface area (Å²) in [5.41, 5.74) is 0.407. The zero-order chi connectivity index (χ0) is 17.9. The molecule has 0 heterocycles. The highest BCUT2D eigenvalue weighted by Gasteiger charge is 2.24. The van der Waals surface area contributed by atoms with Crippen molar-refractivity contribution in [2.45, 2.75) is 4.90 Å². The minimum atomic E-state index is -3.99. The van der Waals surface area contributed by atoms with Gasteiger partial charge < -0.3 is 15.7 Å². The van der Waals surface area contributed by atoms with Gasteiger partial charge in [0.15, 0.2) is 5.75 Å². The molecule has 2 amide bonds. The number of hydrogen-bond donors (Lipinski definition) is 4. The molecule has 0 bridgehead atoms. The van der Waals surface area contributed by atoms with Crippen LogP contribution < -0.4 is 15.4 Å². The van der Waals surface area contributed by atoms with E-state index in [1.165, 1.54) is 19.2 Å². The van der Waals surface area contributed by atoms with Crippen LogP contribution in [-0.4, -0.2) is 26.6 Å². The quantitative estimate of drug-likeness (QED) is 0.553. The number of nitrogens with one attached hydrogen (secondary N) is 3. The Morgan fingerprint density at radius 1 is 1.12 bits per heavy atom. The molecule has 10 heteroatoms. The summed E-state index contributed by atoms with van der Waals surface area (Å²) in [4.78, 5) is 11.5. The first-order chi connectivity index (χ1) is 11.3. The second kappa shape index (κ2) is 7.39.